The van der Waals surface area contributed by atoms with Gasteiger partial charge in [-0.2, -0.15) is 0 Å². The van der Waals surface area contributed by atoms with E-state index in [0.29, 0.717) is 0 Å². The molecule has 0 fully saturated rings. The molecule has 1 aliphatic rings. The van der Waals surface area contributed by atoms with Crippen LogP contribution < -0.4 is 0 Å². The number of hydrogen-bond acceptors (Lipinski definition) is 1. The lowest BCUT2D eigenvalue weighted by Gasteiger charge is -2.42. The van der Waals surface area contributed by atoms with Crippen LogP contribution in [-0.4, -0.2) is 23.0 Å². The third-order valence-corrected chi connectivity index (χ3v) is 4.65. The summed E-state index contributed by atoms with van der Waals surface area (Å²) in [6.07, 6.45) is 0. The van der Waals surface area contributed by atoms with E-state index in [4.69, 9.17) is 0 Å². The molecule has 0 N–H and O–H groups in total. The molecule has 0 saturated heterocycles. The molecule has 0 aliphatic carbocycles. The number of nitrogens with zero attached hydrogens (tertiary/aromatic N) is 1. The van der Waals surface area contributed by atoms with E-state index in [9.17, 15) is 0 Å². The highest BCUT2D eigenvalue weighted by molar-refractivity contribution is 5.45. The minimum atomic E-state index is 0.129. The lowest BCUT2D eigenvalue weighted by molar-refractivity contribution is 0.108. The molecule has 0 aromatic carbocycles. The van der Waals surface area contributed by atoms with Crippen LogP contribution in [0.4, 0.5) is 0 Å². The zero-order valence-electron chi connectivity index (χ0n) is 14.4. The van der Waals surface area contributed by atoms with Crippen molar-refractivity contribution in [3.8, 4) is 0 Å². The molecule has 1 heteroatoms. The highest BCUT2D eigenvalue weighted by Gasteiger charge is 2.53. The highest BCUT2D eigenvalue weighted by Crippen LogP contribution is 2.55. The van der Waals surface area contributed by atoms with Crippen molar-refractivity contribution < 1.29 is 0 Å². The Bertz CT molecular complexity index is 333. The van der Waals surface area contributed by atoms with Crippen LogP contribution in [0.2, 0.25) is 0 Å². The Morgan fingerprint density at radius 3 is 1.06 bits per heavy atom. The monoisotopic (exact) mass is 251 g/mol. The molecular weight excluding hydrogens is 218 g/mol. The fourth-order valence-corrected chi connectivity index (χ4v) is 4.23. The Balaban J connectivity index is 3.69. The molecule has 1 aliphatic heterocycles. The lowest BCUT2D eigenvalue weighted by atomic mass is 9.68. The fraction of sp³-hybridized carbons (Fsp3) is 0.882. The zero-order valence-corrected chi connectivity index (χ0v) is 14.4. The van der Waals surface area contributed by atoms with Crippen LogP contribution in [0.3, 0.4) is 0 Å². The SMILES string of the molecule is CN1C(C)(C)C(C(C)(C)C)=C(C(C)(C)C)C1(C)C. The molecule has 106 valence electrons. The zero-order chi connectivity index (χ0) is 14.7. The maximum absolute atomic E-state index is 2.54. The summed E-state index contributed by atoms with van der Waals surface area (Å²) in [5, 5.41) is 0. The summed E-state index contributed by atoms with van der Waals surface area (Å²) < 4.78 is 0. The average Bonchev–Trinajstić information content (AvgIpc) is 2.20. The van der Waals surface area contributed by atoms with Crippen LogP contribution in [0.1, 0.15) is 69.2 Å². The first-order chi connectivity index (χ1) is 7.64. The Hall–Kier alpha value is -0.300. The van der Waals surface area contributed by atoms with Gasteiger partial charge in [0.1, 0.15) is 0 Å². The van der Waals surface area contributed by atoms with E-state index < -0.39 is 0 Å². The van der Waals surface area contributed by atoms with Gasteiger partial charge in [-0.25, -0.2) is 0 Å². The second kappa shape index (κ2) is 3.85. The summed E-state index contributed by atoms with van der Waals surface area (Å²) in [5.41, 5.74) is 3.93. The van der Waals surface area contributed by atoms with Gasteiger partial charge >= 0.3 is 0 Å². The molecule has 0 radical (unpaired) electrons. The van der Waals surface area contributed by atoms with Crippen LogP contribution in [0.25, 0.3) is 0 Å². The van der Waals surface area contributed by atoms with Crippen LogP contribution in [0.5, 0.6) is 0 Å². The molecule has 1 heterocycles. The molecule has 0 bridgehead atoms. The molecule has 0 amide bonds. The Morgan fingerprint density at radius 2 is 0.889 bits per heavy atom. The van der Waals surface area contributed by atoms with Gasteiger partial charge in [-0.15, -0.1) is 0 Å². The van der Waals surface area contributed by atoms with Crippen LogP contribution >= 0.6 is 0 Å². The molecule has 0 atom stereocenters. The molecule has 0 unspecified atom stereocenters. The molecule has 18 heavy (non-hydrogen) atoms. The van der Waals surface area contributed by atoms with Gasteiger partial charge in [0.2, 0.25) is 0 Å². The van der Waals surface area contributed by atoms with Crippen molar-refractivity contribution in [2.24, 2.45) is 10.8 Å². The Labute approximate surface area is 115 Å². The van der Waals surface area contributed by atoms with Gasteiger partial charge in [0.05, 0.1) is 0 Å². The number of hydrogen-bond donors (Lipinski definition) is 0. The van der Waals surface area contributed by atoms with E-state index in [1.807, 2.05) is 0 Å². The number of likely N-dealkylation sites (N-methyl/N-ethyl adjacent to an activating group) is 1. The minimum Gasteiger partial charge on any atom is -0.289 e. The summed E-state index contributed by atoms with van der Waals surface area (Å²) >= 11 is 0. The van der Waals surface area contributed by atoms with Crippen molar-refractivity contribution in [2.75, 3.05) is 7.05 Å². The van der Waals surface area contributed by atoms with Crippen molar-refractivity contribution in [3.05, 3.63) is 11.1 Å². The largest absolute Gasteiger partial charge is 0.289 e. The highest BCUT2D eigenvalue weighted by atomic mass is 15.3. The van der Waals surface area contributed by atoms with Crippen molar-refractivity contribution >= 4 is 0 Å². The first-order valence-electron chi connectivity index (χ1n) is 7.14. The Kier molecular flexibility index (Phi) is 3.37. The minimum absolute atomic E-state index is 0.129. The molecular formula is C17H33N. The fourth-order valence-electron chi connectivity index (χ4n) is 4.23. The van der Waals surface area contributed by atoms with Crippen molar-refractivity contribution in [2.45, 2.75) is 80.3 Å². The third kappa shape index (κ3) is 2.15. The summed E-state index contributed by atoms with van der Waals surface area (Å²) in [4.78, 5) is 2.54. The predicted molar refractivity (Wildman–Crippen MR) is 81.9 cm³/mol. The van der Waals surface area contributed by atoms with Crippen molar-refractivity contribution in [1.29, 1.82) is 0 Å². The van der Waals surface area contributed by atoms with Gasteiger partial charge in [-0.05, 0) is 56.7 Å². The quantitative estimate of drug-likeness (QED) is 0.555. The van der Waals surface area contributed by atoms with E-state index in [2.05, 4.69) is 81.2 Å². The van der Waals surface area contributed by atoms with Crippen LogP contribution in [-0.2, 0) is 0 Å². The van der Waals surface area contributed by atoms with Gasteiger partial charge in [0, 0.05) is 11.1 Å². The van der Waals surface area contributed by atoms with Crippen molar-refractivity contribution in [1.82, 2.24) is 4.90 Å². The average molecular weight is 251 g/mol. The lowest BCUT2D eigenvalue weighted by Crippen LogP contribution is -2.49. The van der Waals surface area contributed by atoms with E-state index in [1.54, 1.807) is 11.1 Å². The standard InChI is InChI=1S/C17H33N/c1-14(2,3)12-13(15(4,5)6)17(9,10)18(11)16(12,7)8/h1-11H3. The predicted octanol–water partition coefficient (Wildman–Crippen LogP) is 4.88. The molecule has 0 aromatic heterocycles. The second-order valence-corrected chi connectivity index (χ2v) is 8.93. The summed E-state index contributed by atoms with van der Waals surface area (Å²) in [5.74, 6) is 0. The summed E-state index contributed by atoms with van der Waals surface area (Å²) in [7, 11) is 2.27. The van der Waals surface area contributed by atoms with Crippen LogP contribution in [0, 0.1) is 10.8 Å². The Morgan fingerprint density at radius 1 is 0.667 bits per heavy atom. The van der Waals surface area contributed by atoms with Gasteiger partial charge in [0.25, 0.3) is 0 Å². The first-order valence-corrected chi connectivity index (χ1v) is 7.14. The second-order valence-electron chi connectivity index (χ2n) is 8.93. The van der Waals surface area contributed by atoms with Crippen LogP contribution in [0.15, 0.2) is 11.1 Å². The van der Waals surface area contributed by atoms with Gasteiger partial charge < -0.3 is 0 Å². The normalized spacial score (nSPS) is 24.8. The van der Waals surface area contributed by atoms with E-state index in [1.165, 1.54) is 0 Å². The smallest absolute Gasteiger partial charge is 0.0378 e. The van der Waals surface area contributed by atoms with Gasteiger partial charge in [0.15, 0.2) is 0 Å². The van der Waals surface area contributed by atoms with Gasteiger partial charge in [-0.3, -0.25) is 4.90 Å². The maximum Gasteiger partial charge on any atom is 0.0378 e. The number of rotatable bonds is 0. The maximum atomic E-state index is 2.54. The summed E-state index contributed by atoms with van der Waals surface area (Å²) in [6, 6.07) is 0. The molecule has 0 saturated carbocycles. The van der Waals surface area contributed by atoms with E-state index in [-0.39, 0.29) is 21.9 Å². The van der Waals surface area contributed by atoms with Gasteiger partial charge in [-0.1, -0.05) is 41.5 Å². The van der Waals surface area contributed by atoms with E-state index in [0.717, 1.165) is 0 Å². The molecule has 1 rings (SSSR count). The molecule has 0 spiro atoms. The first kappa shape index (κ1) is 15.8. The van der Waals surface area contributed by atoms with E-state index >= 15 is 0 Å². The molecule has 0 aromatic rings. The molecule has 1 nitrogen and oxygen atoms in total. The van der Waals surface area contributed by atoms with Crippen molar-refractivity contribution in [3.63, 3.8) is 0 Å². The summed E-state index contributed by atoms with van der Waals surface area (Å²) in [6.45, 7) is 23.6. The third-order valence-electron chi connectivity index (χ3n) is 4.65. The topological polar surface area (TPSA) is 3.24 Å².